The molecular formula is C19H30Cl2N4O. The Kier molecular flexibility index (Phi) is 10.5. The molecule has 0 aliphatic heterocycles. The minimum atomic E-state index is -0.207. The van der Waals surface area contributed by atoms with Crippen LogP contribution in [0.15, 0.2) is 30.3 Å². The Bertz CT molecular complexity index is 688. The Balaban J connectivity index is 0.00000312. The number of carbonyl (C=O) groups is 1. The summed E-state index contributed by atoms with van der Waals surface area (Å²) in [7, 11) is 1.91. The normalized spacial score (nSPS) is 11.3. The first-order valence-corrected chi connectivity index (χ1v) is 8.48. The van der Waals surface area contributed by atoms with Gasteiger partial charge in [0.2, 0.25) is 5.91 Å². The van der Waals surface area contributed by atoms with Crippen molar-refractivity contribution < 1.29 is 4.79 Å². The molecule has 0 saturated heterocycles. The number of nitrogens with two attached hydrogens (primary N) is 1. The molecular weight excluding hydrogens is 371 g/mol. The zero-order valence-electron chi connectivity index (χ0n) is 15.9. The van der Waals surface area contributed by atoms with Crippen molar-refractivity contribution >= 4 is 30.7 Å². The zero-order valence-corrected chi connectivity index (χ0v) is 17.6. The summed E-state index contributed by atoms with van der Waals surface area (Å²) in [6.07, 6.45) is 0.838. The number of nitrogens with zero attached hydrogens (tertiary/aromatic N) is 3. The van der Waals surface area contributed by atoms with Crippen LogP contribution in [-0.4, -0.2) is 40.2 Å². The monoisotopic (exact) mass is 400 g/mol. The number of rotatable bonds is 7. The van der Waals surface area contributed by atoms with Crippen LogP contribution < -0.4 is 5.73 Å². The summed E-state index contributed by atoms with van der Waals surface area (Å²) in [4.78, 5) is 14.9. The van der Waals surface area contributed by atoms with E-state index in [2.05, 4.69) is 17.2 Å². The Morgan fingerprint density at radius 2 is 1.81 bits per heavy atom. The molecule has 0 spiro atoms. The molecule has 2 N–H and O–H groups in total. The molecule has 0 radical (unpaired) electrons. The molecule has 0 aliphatic carbocycles. The fourth-order valence-electron chi connectivity index (χ4n) is 3.21. The molecule has 0 fully saturated rings. The second kappa shape index (κ2) is 11.2. The third-order valence-electron chi connectivity index (χ3n) is 4.59. The Morgan fingerprint density at radius 3 is 2.31 bits per heavy atom. The molecule has 7 heteroatoms. The maximum atomic E-state index is 13.0. The van der Waals surface area contributed by atoms with Gasteiger partial charge in [0.05, 0.1) is 11.6 Å². The first kappa shape index (κ1) is 24.4. The Hall–Kier alpha value is -1.56. The number of aromatic nitrogens is 2. The first-order chi connectivity index (χ1) is 11.5. The van der Waals surface area contributed by atoms with Crippen LogP contribution in [0.4, 0.5) is 0 Å². The minimum Gasteiger partial charge on any atom is -0.341 e. The maximum Gasteiger partial charge on any atom is 0.230 e. The van der Waals surface area contributed by atoms with Crippen LogP contribution in [0.1, 0.15) is 35.4 Å². The van der Waals surface area contributed by atoms with Gasteiger partial charge in [0.1, 0.15) is 0 Å². The summed E-state index contributed by atoms with van der Waals surface area (Å²) in [5.41, 5.74) is 9.96. The van der Waals surface area contributed by atoms with Gasteiger partial charge in [-0.05, 0) is 32.8 Å². The summed E-state index contributed by atoms with van der Waals surface area (Å²) >= 11 is 0. The highest BCUT2D eigenvalue weighted by atomic mass is 35.5. The number of aryl methyl sites for hydroxylation is 2. The molecule has 1 atom stereocenters. The smallest absolute Gasteiger partial charge is 0.230 e. The lowest BCUT2D eigenvalue weighted by molar-refractivity contribution is -0.132. The van der Waals surface area contributed by atoms with Crippen LogP contribution in [0, 0.1) is 13.8 Å². The van der Waals surface area contributed by atoms with Crippen LogP contribution in [0.2, 0.25) is 0 Å². The number of hydrogen-bond donors (Lipinski definition) is 1. The van der Waals surface area contributed by atoms with Crippen molar-refractivity contribution in [1.29, 1.82) is 0 Å². The van der Waals surface area contributed by atoms with E-state index in [1.807, 2.05) is 55.6 Å². The topological polar surface area (TPSA) is 64.2 Å². The third-order valence-corrected chi connectivity index (χ3v) is 4.59. The molecule has 146 valence electrons. The average molecular weight is 401 g/mol. The van der Waals surface area contributed by atoms with Crippen LogP contribution in [0.3, 0.4) is 0 Å². The van der Waals surface area contributed by atoms with Gasteiger partial charge in [0.15, 0.2) is 0 Å². The van der Waals surface area contributed by atoms with Crippen LogP contribution in [0.25, 0.3) is 0 Å². The number of carbonyl (C=O) groups excluding carboxylic acids is 1. The highest BCUT2D eigenvalue weighted by molar-refractivity contribution is 5.85. The summed E-state index contributed by atoms with van der Waals surface area (Å²) in [5, 5.41) is 4.43. The molecule has 1 aromatic carbocycles. The lowest BCUT2D eigenvalue weighted by Gasteiger charge is -2.26. The van der Waals surface area contributed by atoms with Gasteiger partial charge < -0.3 is 10.6 Å². The number of benzene rings is 1. The van der Waals surface area contributed by atoms with Crippen LogP contribution in [-0.2, 0) is 18.3 Å². The largest absolute Gasteiger partial charge is 0.341 e. The molecule has 1 amide bonds. The van der Waals surface area contributed by atoms with E-state index in [-0.39, 0.29) is 36.6 Å². The molecule has 1 aromatic heterocycles. The molecule has 0 aliphatic rings. The van der Waals surface area contributed by atoms with E-state index in [9.17, 15) is 4.79 Å². The molecule has 26 heavy (non-hydrogen) atoms. The predicted molar refractivity (Wildman–Crippen MR) is 111 cm³/mol. The molecule has 2 rings (SSSR count). The predicted octanol–water partition coefficient (Wildman–Crippen LogP) is 3.01. The summed E-state index contributed by atoms with van der Waals surface area (Å²) in [5.74, 6) is -0.0865. The van der Waals surface area contributed by atoms with Gasteiger partial charge in [-0.3, -0.25) is 9.48 Å². The van der Waals surface area contributed by atoms with Gasteiger partial charge in [-0.1, -0.05) is 30.3 Å². The fourth-order valence-corrected chi connectivity index (χ4v) is 3.21. The van der Waals surface area contributed by atoms with E-state index in [1.54, 1.807) is 0 Å². The van der Waals surface area contributed by atoms with Crippen molar-refractivity contribution in [1.82, 2.24) is 14.7 Å². The van der Waals surface area contributed by atoms with Gasteiger partial charge in [-0.2, -0.15) is 5.10 Å². The second-order valence-corrected chi connectivity index (χ2v) is 6.28. The van der Waals surface area contributed by atoms with Crippen molar-refractivity contribution in [3.63, 3.8) is 0 Å². The van der Waals surface area contributed by atoms with Crippen LogP contribution in [0.5, 0.6) is 0 Å². The second-order valence-electron chi connectivity index (χ2n) is 6.28. The standard InChI is InChI=1S/C19H28N4O.2ClH/c1-14(18-15(2)21-22(4)16(18)3)19(24)23(13-11-20)12-10-17-8-6-5-7-9-17;;/h5-9,14H,10-13,20H2,1-4H3;2*1H. The van der Waals surface area contributed by atoms with Crippen molar-refractivity contribution in [2.45, 2.75) is 33.1 Å². The fraction of sp³-hybridized carbons (Fsp3) is 0.474. The molecule has 2 aromatic rings. The summed E-state index contributed by atoms with van der Waals surface area (Å²) in [6, 6.07) is 10.2. The summed E-state index contributed by atoms with van der Waals surface area (Å²) in [6.45, 7) is 7.67. The highest BCUT2D eigenvalue weighted by Crippen LogP contribution is 2.24. The lowest BCUT2D eigenvalue weighted by Crippen LogP contribution is -2.39. The summed E-state index contributed by atoms with van der Waals surface area (Å²) < 4.78 is 1.84. The van der Waals surface area contributed by atoms with Crippen molar-refractivity contribution in [3.05, 3.63) is 52.8 Å². The van der Waals surface area contributed by atoms with E-state index in [1.165, 1.54) is 5.56 Å². The van der Waals surface area contributed by atoms with Crippen molar-refractivity contribution in [3.8, 4) is 0 Å². The van der Waals surface area contributed by atoms with Gasteiger partial charge in [-0.15, -0.1) is 24.8 Å². The molecule has 5 nitrogen and oxygen atoms in total. The average Bonchev–Trinajstić information content (AvgIpc) is 2.83. The Morgan fingerprint density at radius 1 is 1.19 bits per heavy atom. The van der Waals surface area contributed by atoms with Crippen LogP contribution >= 0.6 is 24.8 Å². The maximum absolute atomic E-state index is 13.0. The minimum absolute atomic E-state index is 0. The van der Waals surface area contributed by atoms with E-state index >= 15 is 0 Å². The van der Waals surface area contributed by atoms with E-state index < -0.39 is 0 Å². The zero-order chi connectivity index (χ0) is 17.7. The van der Waals surface area contributed by atoms with E-state index in [0.717, 1.165) is 23.4 Å². The van der Waals surface area contributed by atoms with Gasteiger partial charge in [-0.25, -0.2) is 0 Å². The third kappa shape index (κ3) is 5.73. The first-order valence-electron chi connectivity index (χ1n) is 8.48. The highest BCUT2D eigenvalue weighted by Gasteiger charge is 2.26. The van der Waals surface area contributed by atoms with Gasteiger partial charge in [0, 0.05) is 37.9 Å². The van der Waals surface area contributed by atoms with Gasteiger partial charge >= 0.3 is 0 Å². The van der Waals surface area contributed by atoms with E-state index in [0.29, 0.717) is 19.6 Å². The van der Waals surface area contributed by atoms with Crippen molar-refractivity contribution in [2.24, 2.45) is 12.8 Å². The van der Waals surface area contributed by atoms with Crippen molar-refractivity contribution in [2.75, 3.05) is 19.6 Å². The molecule has 1 unspecified atom stereocenters. The number of halogens is 2. The lowest BCUT2D eigenvalue weighted by atomic mass is 9.97. The van der Waals surface area contributed by atoms with E-state index in [4.69, 9.17) is 5.73 Å². The molecule has 0 bridgehead atoms. The SMILES string of the molecule is Cc1nn(C)c(C)c1C(C)C(=O)N(CCN)CCc1ccccc1.Cl.Cl. The van der Waals surface area contributed by atoms with Gasteiger partial charge in [0.25, 0.3) is 0 Å². The quantitative estimate of drug-likeness (QED) is 0.776. The molecule has 1 heterocycles. The number of hydrogen-bond acceptors (Lipinski definition) is 3. The number of amides is 1. The molecule has 0 saturated carbocycles. The Labute approximate surface area is 168 Å².